The Balaban J connectivity index is 1.49. The Labute approximate surface area is 236 Å². The zero-order valence-electron chi connectivity index (χ0n) is 24.0. The number of methoxy groups -OCH3 is 3. The van der Waals surface area contributed by atoms with E-state index in [-0.39, 0.29) is 29.8 Å². The molecule has 1 N–H and O–H groups in total. The first-order valence-electron chi connectivity index (χ1n) is 13.7. The molecule has 1 aromatic rings. The van der Waals surface area contributed by atoms with Crippen LogP contribution in [0.25, 0.3) is 6.08 Å². The number of benzene rings is 1. The molecule has 1 aliphatic heterocycles. The molecule has 0 aromatic heterocycles. The van der Waals surface area contributed by atoms with Gasteiger partial charge >= 0.3 is 11.9 Å². The summed E-state index contributed by atoms with van der Waals surface area (Å²) < 4.78 is 26.8. The van der Waals surface area contributed by atoms with Crippen LogP contribution in [0, 0.1) is 22.7 Å². The van der Waals surface area contributed by atoms with Crippen molar-refractivity contribution in [3.63, 3.8) is 0 Å². The fourth-order valence-corrected chi connectivity index (χ4v) is 6.95. The first-order chi connectivity index (χ1) is 19.1. The number of allylic oxidation sites excluding steroid dienone is 2. The van der Waals surface area contributed by atoms with Gasteiger partial charge in [0.15, 0.2) is 11.5 Å². The average Bonchev–Trinajstić information content (AvgIpc) is 3.36. The van der Waals surface area contributed by atoms with Crippen molar-refractivity contribution in [3.05, 3.63) is 59.9 Å². The molecular formula is C32H40O8. The van der Waals surface area contributed by atoms with Crippen molar-refractivity contribution in [2.45, 2.75) is 52.1 Å². The highest BCUT2D eigenvalue weighted by molar-refractivity contribution is 5.94. The largest absolute Gasteiger partial charge is 0.493 e. The van der Waals surface area contributed by atoms with Crippen LogP contribution in [-0.2, 0) is 19.1 Å². The lowest BCUT2D eigenvalue weighted by molar-refractivity contribution is -0.170. The maximum atomic E-state index is 12.8. The van der Waals surface area contributed by atoms with Crippen LogP contribution in [0.4, 0.5) is 0 Å². The number of aliphatic hydroxyl groups excluding tert-OH is 1. The molecular weight excluding hydrogens is 512 g/mol. The second kappa shape index (κ2) is 11.9. The van der Waals surface area contributed by atoms with E-state index in [9.17, 15) is 14.7 Å². The number of cyclic esters (lactones) is 1. The molecule has 216 valence electrons. The number of fused-ring (bicyclic) bond motifs is 1. The quantitative estimate of drug-likeness (QED) is 0.247. The molecule has 8 heteroatoms. The van der Waals surface area contributed by atoms with Gasteiger partial charge in [0, 0.05) is 11.5 Å². The Kier molecular flexibility index (Phi) is 8.78. The number of rotatable bonds is 9. The number of carbonyl (C=O) groups excluding carboxylic acids is 2. The van der Waals surface area contributed by atoms with Gasteiger partial charge in [0.2, 0.25) is 5.75 Å². The van der Waals surface area contributed by atoms with E-state index in [1.54, 1.807) is 24.3 Å². The first kappa shape index (κ1) is 29.5. The number of hydrogen-bond acceptors (Lipinski definition) is 8. The predicted molar refractivity (Wildman–Crippen MR) is 151 cm³/mol. The molecule has 0 radical (unpaired) electrons. The van der Waals surface area contributed by atoms with Crippen molar-refractivity contribution < 1.29 is 38.4 Å². The zero-order valence-corrected chi connectivity index (χ0v) is 24.0. The van der Waals surface area contributed by atoms with E-state index >= 15 is 0 Å². The molecule has 2 fully saturated rings. The highest BCUT2D eigenvalue weighted by Gasteiger charge is 2.58. The van der Waals surface area contributed by atoms with Gasteiger partial charge in [0.1, 0.15) is 0 Å². The van der Waals surface area contributed by atoms with Gasteiger partial charge in [0.25, 0.3) is 0 Å². The molecule has 0 bridgehead atoms. The first-order valence-corrected chi connectivity index (χ1v) is 13.7. The Morgan fingerprint density at radius 3 is 2.45 bits per heavy atom. The molecule has 40 heavy (non-hydrogen) atoms. The van der Waals surface area contributed by atoms with Crippen LogP contribution in [0.3, 0.4) is 0 Å². The van der Waals surface area contributed by atoms with Crippen LogP contribution < -0.4 is 14.2 Å². The van der Waals surface area contributed by atoms with Gasteiger partial charge in [-0.25, -0.2) is 9.59 Å². The van der Waals surface area contributed by atoms with Gasteiger partial charge in [-0.3, -0.25) is 0 Å². The maximum Gasteiger partial charge on any atom is 0.342 e. The maximum absolute atomic E-state index is 12.8. The third-order valence-electron chi connectivity index (χ3n) is 9.21. The molecule has 5 atom stereocenters. The number of aliphatic hydroxyl groups is 1. The van der Waals surface area contributed by atoms with E-state index in [2.05, 4.69) is 13.5 Å². The van der Waals surface area contributed by atoms with Crippen molar-refractivity contribution in [2.75, 3.05) is 27.9 Å². The average molecular weight is 553 g/mol. The third-order valence-corrected chi connectivity index (χ3v) is 9.21. The highest BCUT2D eigenvalue weighted by Crippen LogP contribution is 2.62. The van der Waals surface area contributed by atoms with Crippen molar-refractivity contribution >= 4 is 18.0 Å². The number of carbonyl (C=O) groups is 2. The lowest BCUT2D eigenvalue weighted by atomic mass is 9.46. The molecule has 2 saturated carbocycles. The van der Waals surface area contributed by atoms with E-state index in [1.165, 1.54) is 33.7 Å². The van der Waals surface area contributed by atoms with Gasteiger partial charge < -0.3 is 28.8 Å². The van der Waals surface area contributed by atoms with Crippen molar-refractivity contribution in [1.29, 1.82) is 0 Å². The van der Waals surface area contributed by atoms with Crippen molar-refractivity contribution in [1.82, 2.24) is 0 Å². The number of esters is 2. The summed E-state index contributed by atoms with van der Waals surface area (Å²) in [5, 5.41) is 11.2. The molecule has 3 aliphatic rings. The summed E-state index contributed by atoms with van der Waals surface area (Å²) in [4.78, 5) is 24.8. The Morgan fingerprint density at radius 1 is 1.15 bits per heavy atom. The van der Waals surface area contributed by atoms with Crippen LogP contribution in [0.1, 0.15) is 51.5 Å². The molecule has 0 amide bonds. The Bertz CT molecular complexity index is 1220. The summed E-state index contributed by atoms with van der Waals surface area (Å²) in [6.45, 7) is 8.76. The van der Waals surface area contributed by atoms with Gasteiger partial charge in [-0.2, -0.15) is 0 Å². The summed E-state index contributed by atoms with van der Waals surface area (Å²) in [7, 11) is 4.60. The molecule has 0 saturated heterocycles. The molecule has 1 aromatic carbocycles. The van der Waals surface area contributed by atoms with Gasteiger partial charge in [-0.15, -0.1) is 0 Å². The fourth-order valence-electron chi connectivity index (χ4n) is 6.95. The smallest absolute Gasteiger partial charge is 0.342 e. The van der Waals surface area contributed by atoms with Crippen LogP contribution >= 0.6 is 0 Å². The van der Waals surface area contributed by atoms with Gasteiger partial charge in [0.05, 0.1) is 45.9 Å². The Morgan fingerprint density at radius 2 is 1.85 bits per heavy atom. The van der Waals surface area contributed by atoms with Crippen LogP contribution in [0.2, 0.25) is 0 Å². The zero-order chi connectivity index (χ0) is 29.1. The summed E-state index contributed by atoms with van der Waals surface area (Å²) in [6, 6.07) is 3.49. The predicted octanol–water partition coefficient (Wildman–Crippen LogP) is 5.41. The Hall–Kier alpha value is -3.52. The normalized spacial score (nSPS) is 30.8. The van der Waals surface area contributed by atoms with Crippen LogP contribution in [0.15, 0.2) is 54.3 Å². The summed E-state index contributed by atoms with van der Waals surface area (Å²) in [5.41, 5.74) is 1.62. The summed E-state index contributed by atoms with van der Waals surface area (Å²) in [6.07, 6.45) is 11.2. The fraction of sp³-hybridized carbons (Fsp3) is 0.500. The number of ether oxygens (including phenoxy) is 5. The summed E-state index contributed by atoms with van der Waals surface area (Å²) in [5.74, 6) is 0.852. The monoisotopic (exact) mass is 552 g/mol. The molecule has 8 nitrogen and oxygen atoms in total. The van der Waals surface area contributed by atoms with Crippen LogP contribution in [0.5, 0.6) is 17.2 Å². The molecule has 2 aliphatic carbocycles. The lowest BCUT2D eigenvalue weighted by Crippen LogP contribution is -2.57. The molecule has 4 rings (SSSR count). The van der Waals surface area contributed by atoms with E-state index < -0.39 is 17.5 Å². The van der Waals surface area contributed by atoms with Gasteiger partial charge in [-0.05, 0) is 79.2 Å². The SMILES string of the molecule is C=C1CC[C@@H]2[C@](C)(COC(=O)/C=C/c3cc(OC)c(OC)c(OC)c3)[C@H](O)CC[C@@]2(C)[C@@H]1C/C=C1\C=COC1=O. The van der Waals surface area contributed by atoms with E-state index in [4.69, 9.17) is 23.7 Å². The van der Waals surface area contributed by atoms with Gasteiger partial charge in [-0.1, -0.05) is 32.1 Å². The second-order valence-corrected chi connectivity index (χ2v) is 11.4. The molecule has 1 heterocycles. The van der Waals surface area contributed by atoms with E-state index in [1.807, 2.05) is 13.0 Å². The summed E-state index contributed by atoms with van der Waals surface area (Å²) >= 11 is 0. The lowest BCUT2D eigenvalue weighted by Gasteiger charge is -2.60. The minimum absolute atomic E-state index is 0.0994. The second-order valence-electron chi connectivity index (χ2n) is 11.4. The molecule has 0 spiro atoms. The van der Waals surface area contributed by atoms with Crippen molar-refractivity contribution in [3.8, 4) is 17.2 Å². The van der Waals surface area contributed by atoms with Crippen molar-refractivity contribution in [2.24, 2.45) is 22.7 Å². The van der Waals surface area contributed by atoms with E-state index in [0.717, 1.165) is 24.8 Å². The highest BCUT2D eigenvalue weighted by atomic mass is 16.5. The number of hydrogen-bond donors (Lipinski definition) is 1. The molecule has 0 unspecified atom stereocenters. The van der Waals surface area contributed by atoms with Crippen LogP contribution in [-0.4, -0.2) is 51.1 Å². The standard InChI is InChI=1S/C32H40O8/c1-20-7-11-26-31(2,23(20)10-9-22-14-16-39-30(22)35)15-13-27(33)32(26,3)19-40-28(34)12-8-21-17-24(36-4)29(38-6)25(18-21)37-5/h8-9,12,14,16-18,23,26-27,33H,1,7,10-11,13,15,19H2,2-6H3/b12-8+,22-9+/t23-,26+,27-,31+,32+/m1/s1. The minimum atomic E-state index is -0.624. The third kappa shape index (κ3) is 5.55. The van der Waals surface area contributed by atoms with E-state index in [0.29, 0.717) is 41.2 Å². The minimum Gasteiger partial charge on any atom is -0.493 e. The topological polar surface area (TPSA) is 101 Å².